The quantitative estimate of drug-likeness (QED) is 0.726. The maximum atomic E-state index is 13.6. The number of nitrogens with one attached hydrogen (secondary N) is 2. The molecule has 1 aliphatic heterocycles. The molecule has 0 saturated carbocycles. The molecule has 4 rings (SSSR count). The van der Waals surface area contributed by atoms with Gasteiger partial charge in [0.15, 0.2) is 16.4 Å². The summed E-state index contributed by atoms with van der Waals surface area (Å²) >= 11 is 0. The Morgan fingerprint density at radius 3 is 2.92 bits per heavy atom. The van der Waals surface area contributed by atoms with E-state index in [1.54, 1.807) is 17.8 Å². The summed E-state index contributed by atoms with van der Waals surface area (Å²) in [7, 11) is -2.40. The lowest BCUT2D eigenvalue weighted by Crippen LogP contribution is -2.34. The molecule has 7 nitrogen and oxygen atoms in total. The van der Waals surface area contributed by atoms with Crippen LogP contribution in [0.1, 0.15) is 18.2 Å². The molecule has 2 N–H and O–H groups in total. The van der Waals surface area contributed by atoms with Crippen molar-refractivity contribution in [1.29, 1.82) is 0 Å². The highest BCUT2D eigenvalue weighted by Gasteiger charge is 2.30. The average molecular weight is 375 g/mol. The van der Waals surface area contributed by atoms with Crippen LogP contribution in [0.15, 0.2) is 40.3 Å². The van der Waals surface area contributed by atoms with Gasteiger partial charge in [-0.05, 0) is 37.1 Å². The Morgan fingerprint density at radius 2 is 2.19 bits per heavy atom. The number of halogens is 1. The molecule has 3 aromatic rings. The second-order valence-electron chi connectivity index (χ2n) is 6.34. The van der Waals surface area contributed by atoms with E-state index in [4.69, 9.17) is 0 Å². The largest absolute Gasteiger partial charge is 0.370 e. The van der Waals surface area contributed by atoms with Crippen molar-refractivity contribution in [3.63, 3.8) is 0 Å². The minimum absolute atomic E-state index is 0.0491. The molecule has 1 unspecified atom stereocenters. The van der Waals surface area contributed by atoms with Crippen molar-refractivity contribution in [2.75, 3.05) is 12.4 Å². The van der Waals surface area contributed by atoms with Crippen LogP contribution in [-0.4, -0.2) is 36.1 Å². The third kappa shape index (κ3) is 2.55. The van der Waals surface area contributed by atoms with Gasteiger partial charge in [-0.25, -0.2) is 22.3 Å². The minimum Gasteiger partial charge on any atom is -0.370 e. The van der Waals surface area contributed by atoms with Crippen LogP contribution in [0.2, 0.25) is 0 Å². The molecule has 0 aliphatic carbocycles. The summed E-state index contributed by atoms with van der Waals surface area (Å²) in [6, 6.07) is 5.25. The van der Waals surface area contributed by atoms with Crippen LogP contribution in [0.25, 0.3) is 5.65 Å². The van der Waals surface area contributed by atoms with Gasteiger partial charge in [0.05, 0.1) is 10.6 Å². The highest BCUT2D eigenvalue weighted by molar-refractivity contribution is 7.91. The number of sulfone groups is 1. The molecule has 3 heterocycles. The Balaban J connectivity index is 1.98. The molecule has 0 amide bonds. The summed E-state index contributed by atoms with van der Waals surface area (Å²) in [5, 5.41) is 10.6. The molecule has 26 heavy (non-hydrogen) atoms. The maximum absolute atomic E-state index is 13.6. The molecular formula is C17H18FN5O2S. The highest BCUT2D eigenvalue weighted by Crippen LogP contribution is 2.32. The zero-order valence-electron chi connectivity index (χ0n) is 14.3. The van der Waals surface area contributed by atoms with E-state index < -0.39 is 15.7 Å². The molecule has 9 heteroatoms. The fourth-order valence-electron chi connectivity index (χ4n) is 3.24. The smallest absolute Gasteiger partial charge is 0.214 e. The molecule has 1 aromatic carbocycles. The monoisotopic (exact) mass is 375 g/mol. The second-order valence-corrected chi connectivity index (χ2v) is 8.23. The molecule has 0 spiro atoms. The SMILES string of the molecule is CNc1nn2c3c(cnc2c1S(=O)(=O)c1cccc(F)c1)CC(C)NC3. The summed E-state index contributed by atoms with van der Waals surface area (Å²) in [5.41, 5.74) is 2.14. The Hall–Kier alpha value is -2.52. The van der Waals surface area contributed by atoms with Gasteiger partial charge in [0.1, 0.15) is 5.82 Å². The van der Waals surface area contributed by atoms with E-state index >= 15 is 0 Å². The van der Waals surface area contributed by atoms with Crippen molar-refractivity contribution in [3.05, 3.63) is 47.5 Å². The number of hydrogen-bond acceptors (Lipinski definition) is 6. The Kier molecular flexibility index (Phi) is 3.92. The third-order valence-electron chi connectivity index (χ3n) is 4.54. The lowest BCUT2D eigenvalue weighted by atomic mass is 10.0. The minimum atomic E-state index is -3.99. The highest BCUT2D eigenvalue weighted by atomic mass is 32.2. The van der Waals surface area contributed by atoms with Crippen LogP contribution in [0.3, 0.4) is 0 Å². The van der Waals surface area contributed by atoms with Crippen molar-refractivity contribution in [2.45, 2.75) is 35.7 Å². The maximum Gasteiger partial charge on any atom is 0.214 e. The van der Waals surface area contributed by atoms with E-state index in [9.17, 15) is 12.8 Å². The summed E-state index contributed by atoms with van der Waals surface area (Å²) in [6.45, 7) is 2.65. The summed E-state index contributed by atoms with van der Waals surface area (Å²) in [4.78, 5) is 4.19. The van der Waals surface area contributed by atoms with Crippen LogP contribution >= 0.6 is 0 Å². The Labute approximate surface area is 150 Å². The first-order chi connectivity index (χ1) is 12.4. The lowest BCUT2D eigenvalue weighted by Gasteiger charge is -2.22. The topological polar surface area (TPSA) is 88.4 Å². The molecule has 0 bridgehead atoms. The van der Waals surface area contributed by atoms with Crippen molar-refractivity contribution in [3.8, 4) is 0 Å². The molecule has 0 fully saturated rings. The molecule has 136 valence electrons. The van der Waals surface area contributed by atoms with E-state index in [1.165, 1.54) is 18.2 Å². The standard InChI is InChI=1S/C17H18FN5O2S/c1-10-6-11-8-21-17-15(16(19-2)22-23(17)14(11)9-20-10)26(24,25)13-5-3-4-12(18)7-13/h3-5,7-8,10,20H,6,9H2,1-2H3,(H,19,22). The van der Waals surface area contributed by atoms with Gasteiger partial charge in [-0.3, -0.25) is 0 Å². The van der Waals surface area contributed by atoms with Crippen molar-refractivity contribution >= 4 is 21.3 Å². The van der Waals surface area contributed by atoms with Crippen molar-refractivity contribution in [1.82, 2.24) is 19.9 Å². The van der Waals surface area contributed by atoms with Crippen LogP contribution in [0.4, 0.5) is 10.2 Å². The van der Waals surface area contributed by atoms with Gasteiger partial charge in [-0.2, -0.15) is 0 Å². The number of aromatic nitrogens is 3. The van der Waals surface area contributed by atoms with E-state index in [1.807, 2.05) is 0 Å². The average Bonchev–Trinajstić information content (AvgIpc) is 3.01. The van der Waals surface area contributed by atoms with E-state index in [2.05, 4.69) is 27.6 Å². The second kappa shape index (κ2) is 6.03. The van der Waals surface area contributed by atoms with Gasteiger partial charge in [-0.1, -0.05) is 6.07 Å². The Morgan fingerprint density at radius 1 is 1.38 bits per heavy atom. The van der Waals surface area contributed by atoms with E-state index in [0.29, 0.717) is 12.6 Å². The van der Waals surface area contributed by atoms with Crippen LogP contribution in [-0.2, 0) is 22.8 Å². The number of anilines is 1. The zero-order valence-corrected chi connectivity index (χ0v) is 15.1. The van der Waals surface area contributed by atoms with Gasteiger partial charge >= 0.3 is 0 Å². The van der Waals surface area contributed by atoms with Gasteiger partial charge in [0, 0.05) is 25.8 Å². The number of nitrogens with zero attached hydrogens (tertiary/aromatic N) is 3. The van der Waals surface area contributed by atoms with Crippen molar-refractivity contribution < 1.29 is 12.8 Å². The van der Waals surface area contributed by atoms with Gasteiger partial charge in [-0.15, -0.1) is 5.10 Å². The lowest BCUT2D eigenvalue weighted by molar-refractivity contribution is 0.494. The first-order valence-corrected chi connectivity index (χ1v) is 9.71. The molecule has 0 radical (unpaired) electrons. The summed E-state index contributed by atoms with van der Waals surface area (Å²) in [5.74, 6) is -0.425. The first kappa shape index (κ1) is 16.9. The van der Waals surface area contributed by atoms with Gasteiger partial charge in [0.2, 0.25) is 9.84 Å². The number of rotatable bonds is 3. The number of fused-ring (bicyclic) bond motifs is 3. The molecule has 1 atom stereocenters. The molecule has 0 saturated heterocycles. The summed E-state index contributed by atoms with van der Waals surface area (Å²) < 4.78 is 41.4. The van der Waals surface area contributed by atoms with Gasteiger partial charge < -0.3 is 10.6 Å². The molecule has 1 aliphatic rings. The van der Waals surface area contributed by atoms with E-state index in [0.717, 1.165) is 23.7 Å². The van der Waals surface area contributed by atoms with Crippen molar-refractivity contribution in [2.24, 2.45) is 0 Å². The number of hydrogen-bond donors (Lipinski definition) is 2. The third-order valence-corrected chi connectivity index (χ3v) is 6.33. The normalized spacial score (nSPS) is 17.3. The Bertz CT molecular complexity index is 1110. The fourth-order valence-corrected chi connectivity index (χ4v) is 4.78. The molecular weight excluding hydrogens is 357 g/mol. The van der Waals surface area contributed by atoms with Crippen LogP contribution in [0.5, 0.6) is 0 Å². The molecule has 2 aromatic heterocycles. The van der Waals surface area contributed by atoms with Crippen LogP contribution in [0, 0.1) is 5.82 Å². The zero-order chi connectivity index (χ0) is 18.5. The summed E-state index contributed by atoms with van der Waals surface area (Å²) in [6.07, 6.45) is 2.49. The number of benzene rings is 1. The van der Waals surface area contributed by atoms with E-state index in [-0.39, 0.29) is 21.3 Å². The van der Waals surface area contributed by atoms with Crippen LogP contribution < -0.4 is 10.6 Å². The van der Waals surface area contributed by atoms with Gasteiger partial charge in [0.25, 0.3) is 0 Å². The first-order valence-electron chi connectivity index (χ1n) is 8.23. The predicted octanol–water partition coefficient (Wildman–Crippen LogP) is 1.78. The fraction of sp³-hybridized carbons (Fsp3) is 0.294. The predicted molar refractivity (Wildman–Crippen MR) is 94.4 cm³/mol.